The van der Waals surface area contributed by atoms with E-state index in [0.717, 1.165) is 29.9 Å². The van der Waals surface area contributed by atoms with Crippen molar-refractivity contribution in [3.05, 3.63) is 83.6 Å². The number of amides is 1. The molecule has 0 saturated carbocycles. The SMILES string of the molecule is CCOC(=O)c1ccc(N2CCCN(C(=O)c3ccccc3-c3ccccc3C#N)CC2)nc1. The van der Waals surface area contributed by atoms with Crippen LogP contribution >= 0.6 is 0 Å². The van der Waals surface area contributed by atoms with Crippen LogP contribution in [-0.2, 0) is 4.74 Å². The van der Waals surface area contributed by atoms with E-state index < -0.39 is 0 Å². The maximum atomic E-state index is 13.5. The summed E-state index contributed by atoms with van der Waals surface area (Å²) in [6.07, 6.45) is 2.33. The van der Waals surface area contributed by atoms with Crippen LogP contribution in [0.5, 0.6) is 0 Å². The number of anilines is 1. The molecule has 4 rings (SSSR count). The normalized spacial score (nSPS) is 13.6. The van der Waals surface area contributed by atoms with E-state index in [1.165, 1.54) is 6.20 Å². The zero-order valence-corrected chi connectivity index (χ0v) is 19.1. The third kappa shape index (κ3) is 4.91. The number of carbonyl (C=O) groups excluding carboxylic acids is 2. The van der Waals surface area contributed by atoms with Gasteiger partial charge in [-0.3, -0.25) is 4.79 Å². The van der Waals surface area contributed by atoms with Gasteiger partial charge in [-0.05, 0) is 43.2 Å². The number of pyridine rings is 1. The van der Waals surface area contributed by atoms with Gasteiger partial charge >= 0.3 is 5.97 Å². The minimum absolute atomic E-state index is 0.0455. The number of rotatable bonds is 5. The summed E-state index contributed by atoms with van der Waals surface area (Å²) < 4.78 is 5.02. The van der Waals surface area contributed by atoms with Crippen LogP contribution in [0.1, 0.15) is 39.6 Å². The number of hydrogen-bond donors (Lipinski definition) is 0. The zero-order valence-electron chi connectivity index (χ0n) is 19.1. The molecule has 172 valence electrons. The number of aromatic nitrogens is 1. The number of carbonyl (C=O) groups is 2. The van der Waals surface area contributed by atoms with Crippen molar-refractivity contribution in [1.82, 2.24) is 9.88 Å². The van der Waals surface area contributed by atoms with Crippen molar-refractivity contribution >= 4 is 17.7 Å². The van der Waals surface area contributed by atoms with Gasteiger partial charge in [-0.25, -0.2) is 9.78 Å². The highest BCUT2D eigenvalue weighted by molar-refractivity contribution is 6.01. The molecular weight excluding hydrogens is 428 g/mol. The van der Waals surface area contributed by atoms with E-state index in [1.807, 2.05) is 53.4 Å². The second-order valence-electron chi connectivity index (χ2n) is 7.96. The Morgan fingerprint density at radius 1 is 0.971 bits per heavy atom. The minimum atomic E-state index is -0.383. The summed E-state index contributed by atoms with van der Waals surface area (Å²) in [5.74, 6) is 0.340. The van der Waals surface area contributed by atoms with Gasteiger partial charge < -0.3 is 14.5 Å². The number of nitrogens with zero attached hydrogens (tertiary/aromatic N) is 4. The van der Waals surface area contributed by atoms with Gasteiger partial charge in [0.05, 0.1) is 23.8 Å². The summed E-state index contributed by atoms with van der Waals surface area (Å²) in [6.45, 7) is 4.66. The number of hydrogen-bond acceptors (Lipinski definition) is 6. The molecule has 34 heavy (non-hydrogen) atoms. The third-order valence-corrected chi connectivity index (χ3v) is 5.86. The van der Waals surface area contributed by atoms with E-state index in [4.69, 9.17) is 4.74 Å². The standard InChI is InChI=1S/C27H26N4O3/c1-2-34-27(33)21-12-13-25(29-19-21)30-14-7-15-31(17-16-30)26(32)24-11-6-5-10-23(24)22-9-4-3-8-20(22)18-28/h3-6,8-13,19H,2,7,14-17H2,1H3. The Kier molecular flexibility index (Phi) is 7.19. The van der Waals surface area contributed by atoms with E-state index in [0.29, 0.717) is 42.9 Å². The second-order valence-corrected chi connectivity index (χ2v) is 7.96. The lowest BCUT2D eigenvalue weighted by molar-refractivity contribution is 0.0525. The summed E-state index contributed by atoms with van der Waals surface area (Å²) in [7, 11) is 0. The van der Waals surface area contributed by atoms with Crippen molar-refractivity contribution in [2.24, 2.45) is 0 Å². The highest BCUT2D eigenvalue weighted by Gasteiger charge is 2.24. The Labute approximate surface area is 199 Å². The molecule has 7 heteroatoms. The largest absolute Gasteiger partial charge is 0.462 e. The van der Waals surface area contributed by atoms with Crippen LogP contribution in [0.2, 0.25) is 0 Å². The fourth-order valence-corrected chi connectivity index (χ4v) is 4.15. The molecule has 1 aliphatic heterocycles. The molecule has 2 aromatic carbocycles. The van der Waals surface area contributed by atoms with Crippen LogP contribution in [0.25, 0.3) is 11.1 Å². The first-order valence-electron chi connectivity index (χ1n) is 11.4. The molecule has 0 spiro atoms. The van der Waals surface area contributed by atoms with Gasteiger partial charge in [0.1, 0.15) is 5.82 Å². The molecule has 0 atom stereocenters. The van der Waals surface area contributed by atoms with Crippen molar-refractivity contribution in [3.8, 4) is 17.2 Å². The summed E-state index contributed by atoms with van der Waals surface area (Å²) in [5, 5.41) is 9.52. The van der Waals surface area contributed by atoms with E-state index in [1.54, 1.807) is 19.1 Å². The van der Waals surface area contributed by atoms with Crippen molar-refractivity contribution in [2.45, 2.75) is 13.3 Å². The van der Waals surface area contributed by atoms with Gasteiger partial charge in [-0.2, -0.15) is 5.26 Å². The lowest BCUT2D eigenvalue weighted by Crippen LogP contribution is -2.35. The molecule has 0 bridgehead atoms. The lowest BCUT2D eigenvalue weighted by atomic mass is 9.95. The predicted octanol–water partition coefficient (Wildman–Crippen LogP) is 4.15. The number of ether oxygens (including phenoxy) is 1. The quantitative estimate of drug-likeness (QED) is 0.539. The topological polar surface area (TPSA) is 86.5 Å². The highest BCUT2D eigenvalue weighted by Crippen LogP contribution is 2.28. The summed E-state index contributed by atoms with van der Waals surface area (Å²) >= 11 is 0. The minimum Gasteiger partial charge on any atom is -0.462 e. The van der Waals surface area contributed by atoms with Gasteiger partial charge in [0, 0.05) is 43.5 Å². The molecule has 1 fully saturated rings. The van der Waals surface area contributed by atoms with Crippen molar-refractivity contribution in [2.75, 3.05) is 37.7 Å². The van der Waals surface area contributed by atoms with Crippen molar-refractivity contribution < 1.29 is 14.3 Å². The van der Waals surface area contributed by atoms with Crippen LogP contribution in [0.15, 0.2) is 66.9 Å². The average Bonchev–Trinajstić information content (AvgIpc) is 3.15. The number of benzene rings is 2. The number of esters is 1. The first kappa shape index (κ1) is 23.0. The highest BCUT2D eigenvalue weighted by atomic mass is 16.5. The van der Waals surface area contributed by atoms with Gasteiger partial charge in [-0.15, -0.1) is 0 Å². The molecule has 1 aromatic heterocycles. The molecule has 1 aliphatic rings. The molecule has 0 aliphatic carbocycles. The van der Waals surface area contributed by atoms with Crippen LogP contribution < -0.4 is 4.90 Å². The summed E-state index contributed by atoms with van der Waals surface area (Å²) in [4.78, 5) is 33.8. The monoisotopic (exact) mass is 454 g/mol. The predicted molar refractivity (Wildman–Crippen MR) is 130 cm³/mol. The first-order chi connectivity index (χ1) is 16.6. The molecule has 0 radical (unpaired) electrons. The fraction of sp³-hybridized carbons (Fsp3) is 0.259. The Morgan fingerprint density at radius 2 is 1.74 bits per heavy atom. The molecule has 2 heterocycles. The summed E-state index contributed by atoms with van der Waals surface area (Å²) in [5.41, 5.74) is 3.09. The molecule has 1 amide bonds. The Bertz CT molecular complexity index is 1220. The Morgan fingerprint density at radius 3 is 2.47 bits per heavy atom. The first-order valence-corrected chi connectivity index (χ1v) is 11.4. The maximum Gasteiger partial charge on any atom is 0.339 e. The molecule has 0 unspecified atom stereocenters. The molecule has 7 nitrogen and oxygen atoms in total. The Hall–Kier alpha value is -4.18. The second kappa shape index (κ2) is 10.6. The molecule has 0 N–H and O–H groups in total. The van der Waals surface area contributed by atoms with Crippen molar-refractivity contribution in [3.63, 3.8) is 0 Å². The van der Waals surface area contributed by atoms with Crippen molar-refractivity contribution in [1.29, 1.82) is 5.26 Å². The van der Waals surface area contributed by atoms with Crippen LogP contribution in [0.4, 0.5) is 5.82 Å². The van der Waals surface area contributed by atoms with E-state index >= 15 is 0 Å². The van der Waals surface area contributed by atoms with Crippen LogP contribution in [0, 0.1) is 11.3 Å². The number of nitriles is 1. The molecule has 3 aromatic rings. The van der Waals surface area contributed by atoms with E-state index in [9.17, 15) is 14.9 Å². The van der Waals surface area contributed by atoms with Gasteiger partial charge in [0.2, 0.25) is 0 Å². The van der Waals surface area contributed by atoms with Gasteiger partial charge in [-0.1, -0.05) is 36.4 Å². The lowest BCUT2D eigenvalue weighted by Gasteiger charge is -2.24. The third-order valence-electron chi connectivity index (χ3n) is 5.86. The van der Waals surface area contributed by atoms with E-state index in [2.05, 4.69) is 16.0 Å². The molecular formula is C27H26N4O3. The maximum absolute atomic E-state index is 13.5. The van der Waals surface area contributed by atoms with Gasteiger partial charge in [0.25, 0.3) is 5.91 Å². The Balaban J connectivity index is 1.50. The fourth-order valence-electron chi connectivity index (χ4n) is 4.15. The van der Waals surface area contributed by atoms with Gasteiger partial charge in [0.15, 0.2) is 0 Å². The molecule has 1 saturated heterocycles. The smallest absolute Gasteiger partial charge is 0.339 e. The van der Waals surface area contributed by atoms with Crippen LogP contribution in [-0.4, -0.2) is 54.5 Å². The van der Waals surface area contributed by atoms with E-state index in [-0.39, 0.29) is 11.9 Å². The average molecular weight is 455 g/mol. The zero-order chi connectivity index (χ0) is 23.9. The van der Waals surface area contributed by atoms with Crippen LogP contribution in [0.3, 0.4) is 0 Å². The summed E-state index contributed by atoms with van der Waals surface area (Å²) in [6, 6.07) is 20.6.